The van der Waals surface area contributed by atoms with Gasteiger partial charge in [0.2, 0.25) is 0 Å². The van der Waals surface area contributed by atoms with E-state index in [-0.39, 0.29) is 5.91 Å². The van der Waals surface area contributed by atoms with Gasteiger partial charge in [-0.25, -0.2) is 0 Å². The number of carbonyl (C=O) groups is 1. The van der Waals surface area contributed by atoms with Crippen LogP contribution in [0.2, 0.25) is 0 Å². The maximum atomic E-state index is 12.1. The van der Waals surface area contributed by atoms with Gasteiger partial charge in [0.1, 0.15) is 5.75 Å². The lowest BCUT2D eigenvalue weighted by molar-refractivity contribution is 0.0708. The quantitative estimate of drug-likeness (QED) is 0.556. The summed E-state index contributed by atoms with van der Waals surface area (Å²) in [6, 6.07) is 1.64. The summed E-state index contributed by atoms with van der Waals surface area (Å²) >= 11 is 5.49. The number of methoxy groups -OCH3 is 1. The first-order valence-corrected chi connectivity index (χ1v) is 6.11. The standard InChI is InChI=1S/C12H17ClN2O3/c1-15(6-8-18-7-4-13)12(16)10-3-5-14-9-11(10)17-2/h3,5,9H,4,6-8H2,1-2H3. The van der Waals surface area contributed by atoms with Crippen molar-refractivity contribution in [3.63, 3.8) is 0 Å². The van der Waals surface area contributed by atoms with Crippen LogP contribution in [0.25, 0.3) is 0 Å². The number of aromatic nitrogens is 1. The van der Waals surface area contributed by atoms with Crippen LogP contribution in [0.5, 0.6) is 5.75 Å². The second-order valence-corrected chi connectivity index (χ2v) is 3.98. The van der Waals surface area contributed by atoms with Gasteiger partial charge in [-0.3, -0.25) is 9.78 Å². The van der Waals surface area contributed by atoms with E-state index < -0.39 is 0 Å². The Labute approximate surface area is 112 Å². The molecule has 1 heterocycles. The van der Waals surface area contributed by atoms with E-state index in [2.05, 4.69) is 4.98 Å². The van der Waals surface area contributed by atoms with E-state index in [9.17, 15) is 4.79 Å². The van der Waals surface area contributed by atoms with Crippen molar-refractivity contribution in [2.75, 3.05) is 39.8 Å². The predicted molar refractivity (Wildman–Crippen MR) is 69.3 cm³/mol. The highest BCUT2D eigenvalue weighted by atomic mass is 35.5. The van der Waals surface area contributed by atoms with Crippen molar-refractivity contribution in [1.29, 1.82) is 0 Å². The van der Waals surface area contributed by atoms with E-state index in [0.29, 0.717) is 37.0 Å². The Morgan fingerprint density at radius 1 is 1.50 bits per heavy atom. The number of hydrogen-bond donors (Lipinski definition) is 0. The molecular weight excluding hydrogens is 256 g/mol. The lowest BCUT2D eigenvalue weighted by Gasteiger charge is -2.18. The van der Waals surface area contributed by atoms with Gasteiger partial charge in [-0.2, -0.15) is 0 Å². The summed E-state index contributed by atoms with van der Waals surface area (Å²) in [7, 11) is 3.23. The minimum absolute atomic E-state index is 0.122. The zero-order valence-corrected chi connectivity index (χ0v) is 11.3. The molecular formula is C12H17ClN2O3. The van der Waals surface area contributed by atoms with Crippen LogP contribution in [0.1, 0.15) is 10.4 Å². The Morgan fingerprint density at radius 2 is 2.28 bits per heavy atom. The number of pyridine rings is 1. The number of rotatable bonds is 7. The molecule has 1 aromatic rings. The summed E-state index contributed by atoms with van der Waals surface area (Å²) in [5, 5.41) is 0. The van der Waals surface area contributed by atoms with Crippen LogP contribution < -0.4 is 4.74 Å². The second kappa shape index (κ2) is 7.89. The normalized spacial score (nSPS) is 10.2. The minimum atomic E-state index is -0.122. The molecule has 0 unspecified atom stereocenters. The molecule has 18 heavy (non-hydrogen) atoms. The maximum absolute atomic E-state index is 12.1. The van der Waals surface area contributed by atoms with Crippen LogP contribution in [0.4, 0.5) is 0 Å². The molecule has 0 aliphatic carbocycles. The Hall–Kier alpha value is -1.33. The van der Waals surface area contributed by atoms with Crippen LogP contribution in [0.3, 0.4) is 0 Å². The Bertz CT molecular complexity index is 387. The number of alkyl halides is 1. The van der Waals surface area contributed by atoms with E-state index in [4.69, 9.17) is 21.1 Å². The summed E-state index contributed by atoms with van der Waals surface area (Å²) in [6.45, 7) is 1.45. The third kappa shape index (κ3) is 4.16. The molecule has 0 aliphatic rings. The lowest BCUT2D eigenvalue weighted by atomic mass is 10.2. The maximum Gasteiger partial charge on any atom is 0.257 e. The lowest BCUT2D eigenvalue weighted by Crippen LogP contribution is -2.30. The summed E-state index contributed by atoms with van der Waals surface area (Å²) in [5.74, 6) is 0.801. The number of hydrogen-bond acceptors (Lipinski definition) is 4. The van der Waals surface area contributed by atoms with Crippen LogP contribution in [-0.4, -0.2) is 55.6 Å². The monoisotopic (exact) mass is 272 g/mol. The third-order valence-electron chi connectivity index (χ3n) is 2.37. The van der Waals surface area contributed by atoms with Gasteiger partial charge < -0.3 is 14.4 Å². The molecule has 0 aliphatic heterocycles. The molecule has 0 saturated carbocycles. The Morgan fingerprint density at radius 3 is 2.94 bits per heavy atom. The molecule has 0 N–H and O–H groups in total. The van der Waals surface area contributed by atoms with E-state index in [1.54, 1.807) is 24.2 Å². The van der Waals surface area contributed by atoms with E-state index in [1.807, 2.05) is 0 Å². The number of amides is 1. The van der Waals surface area contributed by atoms with Crippen molar-refractivity contribution in [2.24, 2.45) is 0 Å². The average molecular weight is 273 g/mol. The molecule has 0 saturated heterocycles. The smallest absolute Gasteiger partial charge is 0.257 e. The second-order valence-electron chi connectivity index (χ2n) is 3.60. The van der Waals surface area contributed by atoms with E-state index in [1.165, 1.54) is 13.3 Å². The number of nitrogens with zero attached hydrogens (tertiary/aromatic N) is 2. The number of carbonyl (C=O) groups excluding carboxylic acids is 1. The van der Waals surface area contributed by atoms with E-state index in [0.717, 1.165) is 0 Å². The van der Waals surface area contributed by atoms with Crippen molar-refractivity contribution < 1.29 is 14.3 Å². The van der Waals surface area contributed by atoms with Gasteiger partial charge in [-0.05, 0) is 6.07 Å². The molecule has 0 aromatic carbocycles. The minimum Gasteiger partial charge on any atom is -0.494 e. The summed E-state index contributed by atoms with van der Waals surface area (Å²) in [5.41, 5.74) is 0.493. The Balaban J connectivity index is 2.57. The number of likely N-dealkylation sites (N-methyl/N-ethyl adjacent to an activating group) is 1. The van der Waals surface area contributed by atoms with Crippen LogP contribution in [0, 0.1) is 0 Å². The van der Waals surface area contributed by atoms with Crippen molar-refractivity contribution in [2.45, 2.75) is 0 Å². The van der Waals surface area contributed by atoms with Crippen molar-refractivity contribution in [3.05, 3.63) is 24.0 Å². The first-order chi connectivity index (χ1) is 8.70. The molecule has 6 heteroatoms. The van der Waals surface area contributed by atoms with Crippen LogP contribution in [0.15, 0.2) is 18.5 Å². The Kier molecular flexibility index (Phi) is 6.46. The molecule has 1 amide bonds. The van der Waals surface area contributed by atoms with Gasteiger partial charge in [0.25, 0.3) is 5.91 Å². The van der Waals surface area contributed by atoms with Gasteiger partial charge in [0.15, 0.2) is 0 Å². The number of ether oxygens (including phenoxy) is 2. The van der Waals surface area contributed by atoms with Gasteiger partial charge in [0.05, 0.1) is 32.1 Å². The SMILES string of the molecule is COc1cnccc1C(=O)N(C)CCOCCCl. The number of halogens is 1. The van der Waals surface area contributed by atoms with Gasteiger partial charge in [-0.1, -0.05) is 0 Å². The molecule has 100 valence electrons. The molecule has 0 bridgehead atoms. The first-order valence-electron chi connectivity index (χ1n) is 5.58. The van der Waals surface area contributed by atoms with Crippen molar-refractivity contribution >= 4 is 17.5 Å². The van der Waals surface area contributed by atoms with Crippen molar-refractivity contribution in [3.8, 4) is 5.75 Å². The van der Waals surface area contributed by atoms with Crippen LogP contribution in [-0.2, 0) is 4.74 Å². The first kappa shape index (κ1) is 14.7. The molecule has 0 spiro atoms. The van der Waals surface area contributed by atoms with Gasteiger partial charge in [-0.15, -0.1) is 11.6 Å². The predicted octanol–water partition coefficient (Wildman–Crippen LogP) is 1.42. The molecule has 0 atom stereocenters. The fraction of sp³-hybridized carbons (Fsp3) is 0.500. The van der Waals surface area contributed by atoms with Crippen molar-refractivity contribution in [1.82, 2.24) is 9.88 Å². The fourth-order valence-corrected chi connectivity index (χ4v) is 1.49. The fourth-order valence-electron chi connectivity index (χ4n) is 1.38. The highest BCUT2D eigenvalue weighted by molar-refractivity contribution is 6.17. The summed E-state index contributed by atoms with van der Waals surface area (Å²) in [4.78, 5) is 17.6. The highest BCUT2D eigenvalue weighted by Crippen LogP contribution is 2.17. The molecule has 0 radical (unpaired) electrons. The third-order valence-corrected chi connectivity index (χ3v) is 2.53. The van der Waals surface area contributed by atoms with Gasteiger partial charge in [0, 0.05) is 25.7 Å². The molecule has 5 nitrogen and oxygen atoms in total. The largest absolute Gasteiger partial charge is 0.494 e. The highest BCUT2D eigenvalue weighted by Gasteiger charge is 2.15. The zero-order valence-electron chi connectivity index (χ0n) is 10.6. The van der Waals surface area contributed by atoms with E-state index >= 15 is 0 Å². The summed E-state index contributed by atoms with van der Waals surface area (Å²) in [6.07, 6.45) is 3.08. The topological polar surface area (TPSA) is 51.7 Å². The molecule has 1 aromatic heterocycles. The molecule has 1 rings (SSSR count). The van der Waals surface area contributed by atoms with Gasteiger partial charge >= 0.3 is 0 Å². The average Bonchev–Trinajstić information content (AvgIpc) is 2.42. The summed E-state index contributed by atoms with van der Waals surface area (Å²) < 4.78 is 10.3. The zero-order chi connectivity index (χ0) is 13.4. The molecule has 0 fully saturated rings. The van der Waals surface area contributed by atoms with Crippen LogP contribution >= 0.6 is 11.6 Å².